The average molecular weight is 736 g/mol. The van der Waals surface area contributed by atoms with Gasteiger partial charge in [-0.25, -0.2) is 13.6 Å². The Balaban J connectivity index is 1.09. The zero-order valence-corrected chi connectivity index (χ0v) is 31.4. The maximum Gasteiger partial charge on any atom is 0.410 e. The summed E-state index contributed by atoms with van der Waals surface area (Å²) in [5.74, 6) is -0.221. The van der Waals surface area contributed by atoms with Crippen molar-refractivity contribution in [3.05, 3.63) is 113 Å². The van der Waals surface area contributed by atoms with Gasteiger partial charge in [-0.1, -0.05) is 66.7 Å². The smallest absolute Gasteiger partial charge is 0.410 e. The second-order valence-corrected chi connectivity index (χ2v) is 15.1. The Kier molecular flexibility index (Phi) is 11.0. The predicted octanol–water partition coefficient (Wildman–Crippen LogP) is 8.81. The van der Waals surface area contributed by atoms with Crippen LogP contribution in [0.2, 0.25) is 0 Å². The quantitative estimate of drug-likeness (QED) is 0.142. The number of aromatic nitrogens is 3. The van der Waals surface area contributed by atoms with Crippen LogP contribution in [0.5, 0.6) is 11.8 Å². The van der Waals surface area contributed by atoms with Crippen LogP contribution in [0.4, 0.5) is 13.6 Å². The highest BCUT2D eigenvalue weighted by molar-refractivity contribution is 5.96. The first-order valence-electron chi connectivity index (χ1n) is 18.6. The van der Waals surface area contributed by atoms with Crippen molar-refractivity contribution >= 4 is 22.6 Å². The fourth-order valence-electron chi connectivity index (χ4n) is 7.20. The summed E-state index contributed by atoms with van der Waals surface area (Å²) in [7, 11) is 1.66. The van der Waals surface area contributed by atoms with Crippen molar-refractivity contribution < 1.29 is 27.8 Å². The molecule has 4 heterocycles. The van der Waals surface area contributed by atoms with Crippen LogP contribution >= 0.6 is 0 Å². The van der Waals surface area contributed by atoms with Crippen LogP contribution in [0.15, 0.2) is 84.9 Å². The molecule has 0 spiro atoms. The zero-order chi connectivity index (χ0) is 37.8. The number of rotatable bonds is 10. The van der Waals surface area contributed by atoms with Gasteiger partial charge in [-0.05, 0) is 74.8 Å². The molecule has 0 radical (unpaired) electrons. The lowest BCUT2D eigenvalue weighted by Gasteiger charge is -2.36. The third-order valence-corrected chi connectivity index (χ3v) is 9.96. The number of piperidine rings is 1. The summed E-state index contributed by atoms with van der Waals surface area (Å²) in [6, 6.07) is 24.4. The second-order valence-electron chi connectivity index (χ2n) is 15.1. The SMILES string of the molecule is Cn1nc(-c2ccc(OCc3ccccc3)nc2OCc2ccccc2)c2cc(F)c(C3=CCN(CC4CCN(C(=O)OC(C)(C)C)CC4)CC3)c(F)c21. The summed E-state index contributed by atoms with van der Waals surface area (Å²) < 4.78 is 51.9. The van der Waals surface area contributed by atoms with E-state index < -0.39 is 17.2 Å². The topological polar surface area (TPSA) is 82.0 Å². The highest BCUT2D eigenvalue weighted by Crippen LogP contribution is 2.39. The molecule has 54 heavy (non-hydrogen) atoms. The molecule has 11 heteroatoms. The number of hydrogen-bond acceptors (Lipinski definition) is 7. The molecule has 0 bridgehead atoms. The highest BCUT2D eigenvalue weighted by atomic mass is 19.1. The number of ether oxygens (including phenoxy) is 3. The molecule has 2 aromatic heterocycles. The first kappa shape index (κ1) is 37.0. The minimum Gasteiger partial charge on any atom is -0.473 e. The molecule has 1 amide bonds. The Morgan fingerprint density at radius 2 is 1.56 bits per heavy atom. The van der Waals surface area contributed by atoms with Crippen molar-refractivity contribution in [3.8, 4) is 23.0 Å². The fourth-order valence-corrected chi connectivity index (χ4v) is 7.20. The molecule has 9 nitrogen and oxygen atoms in total. The summed E-state index contributed by atoms with van der Waals surface area (Å²) in [4.78, 5) is 21.3. The lowest BCUT2D eigenvalue weighted by molar-refractivity contribution is 0.0171. The molecular weight excluding hydrogens is 689 g/mol. The Bertz CT molecular complexity index is 2120. The monoisotopic (exact) mass is 735 g/mol. The molecule has 282 valence electrons. The number of hydrogen-bond donors (Lipinski definition) is 0. The molecule has 3 aromatic carbocycles. The van der Waals surface area contributed by atoms with E-state index in [-0.39, 0.29) is 29.7 Å². The number of amides is 1. The van der Waals surface area contributed by atoms with Crippen molar-refractivity contribution in [1.82, 2.24) is 24.6 Å². The summed E-state index contributed by atoms with van der Waals surface area (Å²) in [5.41, 5.74) is 3.13. The van der Waals surface area contributed by atoms with Crippen molar-refractivity contribution in [2.45, 2.75) is 58.8 Å². The molecule has 0 saturated carbocycles. The summed E-state index contributed by atoms with van der Waals surface area (Å²) in [6.07, 6.45) is 3.99. The van der Waals surface area contributed by atoms with Gasteiger partial charge < -0.3 is 19.1 Å². The number of pyridine rings is 1. The van der Waals surface area contributed by atoms with Crippen LogP contribution in [0, 0.1) is 17.6 Å². The number of nitrogens with zero attached hydrogens (tertiary/aromatic N) is 5. The molecule has 2 aliphatic rings. The zero-order valence-electron chi connectivity index (χ0n) is 31.4. The Labute approximate surface area is 315 Å². The number of carbonyl (C=O) groups is 1. The Morgan fingerprint density at radius 1 is 0.889 bits per heavy atom. The molecule has 1 fully saturated rings. The normalized spacial score (nSPS) is 15.7. The van der Waals surface area contributed by atoms with Crippen LogP contribution in [0.1, 0.15) is 56.7 Å². The van der Waals surface area contributed by atoms with E-state index in [0.29, 0.717) is 73.2 Å². The molecule has 0 N–H and O–H groups in total. The van der Waals surface area contributed by atoms with Crippen molar-refractivity contribution in [2.75, 3.05) is 32.7 Å². The predicted molar refractivity (Wildman–Crippen MR) is 205 cm³/mol. The fraction of sp³-hybridized carbons (Fsp3) is 0.372. The molecule has 0 unspecified atom stereocenters. The number of likely N-dealkylation sites (tertiary alicyclic amines) is 1. The van der Waals surface area contributed by atoms with Crippen molar-refractivity contribution in [3.63, 3.8) is 0 Å². The lowest BCUT2D eigenvalue weighted by atomic mass is 9.93. The molecule has 0 aliphatic carbocycles. The van der Waals surface area contributed by atoms with Gasteiger partial charge in [-0.2, -0.15) is 10.1 Å². The molecule has 7 rings (SSSR count). The number of aryl methyl sites for hydroxylation is 1. The third-order valence-electron chi connectivity index (χ3n) is 9.96. The maximum atomic E-state index is 16.5. The van der Waals surface area contributed by atoms with Crippen molar-refractivity contribution in [2.24, 2.45) is 13.0 Å². The number of carbonyl (C=O) groups excluding carboxylic acids is 1. The summed E-state index contributed by atoms with van der Waals surface area (Å²) in [6.45, 7) is 9.68. The third kappa shape index (κ3) is 8.57. The van der Waals surface area contributed by atoms with Crippen LogP contribution < -0.4 is 9.47 Å². The van der Waals surface area contributed by atoms with Crippen LogP contribution in [0.25, 0.3) is 27.7 Å². The number of halogens is 2. The van der Waals surface area contributed by atoms with Gasteiger partial charge >= 0.3 is 6.09 Å². The van der Waals surface area contributed by atoms with E-state index in [0.717, 1.165) is 30.5 Å². The average Bonchev–Trinajstić information content (AvgIpc) is 3.49. The largest absolute Gasteiger partial charge is 0.473 e. The van der Waals surface area contributed by atoms with E-state index in [2.05, 4.69) is 15.0 Å². The Hall–Kier alpha value is -5.29. The number of fused-ring (bicyclic) bond motifs is 1. The highest BCUT2D eigenvalue weighted by Gasteiger charge is 2.30. The number of benzene rings is 3. The van der Waals surface area contributed by atoms with E-state index in [1.807, 2.05) is 87.5 Å². The second kappa shape index (κ2) is 16.0. The Morgan fingerprint density at radius 3 is 2.19 bits per heavy atom. The van der Waals surface area contributed by atoms with Gasteiger partial charge in [0.1, 0.15) is 35.8 Å². The van der Waals surface area contributed by atoms with Crippen LogP contribution in [-0.2, 0) is 25.0 Å². The van der Waals surface area contributed by atoms with Gasteiger partial charge in [0.25, 0.3) is 0 Å². The van der Waals surface area contributed by atoms with Gasteiger partial charge in [-0.3, -0.25) is 9.58 Å². The molecule has 5 aromatic rings. The maximum absolute atomic E-state index is 16.5. The van der Waals surface area contributed by atoms with E-state index in [1.165, 1.54) is 10.7 Å². The molecule has 2 aliphatic heterocycles. The van der Waals surface area contributed by atoms with E-state index in [4.69, 9.17) is 14.2 Å². The molecule has 1 saturated heterocycles. The molecule has 0 atom stereocenters. The van der Waals surface area contributed by atoms with Gasteiger partial charge in [0, 0.05) is 51.2 Å². The van der Waals surface area contributed by atoms with Gasteiger partial charge in [0.05, 0.1) is 11.1 Å². The minimum absolute atomic E-state index is 0.00861. The van der Waals surface area contributed by atoms with Crippen molar-refractivity contribution in [1.29, 1.82) is 0 Å². The standard InChI is InChI=1S/C43H47F2N5O4/c1-43(2,3)54-42(51)50-23-17-29(18-24-50)26-49-21-19-32(20-22-49)37-35(44)25-34-39(47-48(4)40(34)38(37)45)33-15-16-36(52-27-30-11-7-5-8-12-30)46-41(33)53-28-31-13-9-6-10-14-31/h5-16,19,25,29H,17-18,20-24,26-28H2,1-4H3. The van der Waals surface area contributed by atoms with E-state index in [1.54, 1.807) is 24.1 Å². The minimum atomic E-state index is -0.636. The summed E-state index contributed by atoms with van der Waals surface area (Å²) in [5, 5.41) is 5.02. The summed E-state index contributed by atoms with van der Waals surface area (Å²) >= 11 is 0. The van der Waals surface area contributed by atoms with E-state index >= 15 is 8.78 Å². The van der Waals surface area contributed by atoms with Gasteiger partial charge in [0.15, 0.2) is 5.82 Å². The lowest BCUT2D eigenvalue weighted by Crippen LogP contribution is -2.44. The molecular formula is C43H47F2N5O4. The van der Waals surface area contributed by atoms with E-state index in [9.17, 15) is 4.79 Å². The van der Waals surface area contributed by atoms with Crippen LogP contribution in [-0.4, -0.2) is 69.0 Å². The first-order chi connectivity index (χ1) is 26.0. The first-order valence-corrected chi connectivity index (χ1v) is 18.6. The van der Waals surface area contributed by atoms with Gasteiger partial charge in [-0.15, -0.1) is 0 Å². The van der Waals surface area contributed by atoms with Gasteiger partial charge in [0.2, 0.25) is 11.8 Å². The van der Waals surface area contributed by atoms with Crippen LogP contribution in [0.3, 0.4) is 0 Å².